The molecule has 0 bridgehead atoms. The Bertz CT molecular complexity index is 530. The number of carboxylic acids is 1. The molecular formula is C20H30O5. The molecule has 0 fully saturated rings. The fourth-order valence-corrected chi connectivity index (χ4v) is 3.16. The van der Waals surface area contributed by atoms with Gasteiger partial charge in [0, 0.05) is 19.8 Å². The molecule has 0 heterocycles. The summed E-state index contributed by atoms with van der Waals surface area (Å²) in [6, 6.07) is 0. The van der Waals surface area contributed by atoms with Gasteiger partial charge in [0.2, 0.25) is 0 Å². The second-order valence-electron chi connectivity index (χ2n) is 6.50. The first kappa shape index (κ1) is 21.1. The molecule has 1 unspecified atom stereocenters. The zero-order chi connectivity index (χ0) is 18.7. The monoisotopic (exact) mass is 350 g/mol. The summed E-state index contributed by atoms with van der Waals surface area (Å²) in [5.41, 5.74) is 2.24. The number of carboxylic acid groups (broad SMARTS) is 1. The Hall–Kier alpha value is -1.91. The SMILES string of the molecule is CC/C=C\CC1=C(CCCCC(CCC(=O)O)OC(C)=O)CCC1=O. The summed E-state index contributed by atoms with van der Waals surface area (Å²) in [6.07, 6.45) is 10.7. The Morgan fingerprint density at radius 1 is 1.20 bits per heavy atom. The van der Waals surface area contributed by atoms with Crippen LogP contribution < -0.4 is 0 Å². The van der Waals surface area contributed by atoms with Crippen LogP contribution >= 0.6 is 0 Å². The molecule has 0 saturated heterocycles. The van der Waals surface area contributed by atoms with Crippen molar-refractivity contribution in [1.29, 1.82) is 0 Å². The van der Waals surface area contributed by atoms with E-state index in [2.05, 4.69) is 19.1 Å². The van der Waals surface area contributed by atoms with Crippen LogP contribution in [0.4, 0.5) is 0 Å². The maximum absolute atomic E-state index is 12.0. The van der Waals surface area contributed by atoms with E-state index in [-0.39, 0.29) is 24.3 Å². The lowest BCUT2D eigenvalue weighted by atomic mass is 9.99. The van der Waals surface area contributed by atoms with Crippen LogP contribution in [0.1, 0.15) is 78.1 Å². The van der Waals surface area contributed by atoms with E-state index in [1.807, 2.05) is 0 Å². The summed E-state index contributed by atoms with van der Waals surface area (Å²) in [5, 5.41) is 8.77. The molecule has 1 N–H and O–H groups in total. The number of ether oxygens (including phenoxy) is 1. The van der Waals surface area contributed by atoms with Gasteiger partial charge in [-0.3, -0.25) is 14.4 Å². The number of ketones is 1. The number of unbranched alkanes of at least 4 members (excludes halogenated alkanes) is 1. The number of aliphatic carboxylic acids is 1. The molecule has 1 atom stereocenters. The highest BCUT2D eigenvalue weighted by Crippen LogP contribution is 2.30. The first-order valence-corrected chi connectivity index (χ1v) is 9.22. The molecule has 1 rings (SSSR count). The van der Waals surface area contributed by atoms with E-state index >= 15 is 0 Å². The fourth-order valence-electron chi connectivity index (χ4n) is 3.16. The first-order chi connectivity index (χ1) is 11.9. The number of hydrogen-bond donors (Lipinski definition) is 1. The first-order valence-electron chi connectivity index (χ1n) is 9.22. The maximum Gasteiger partial charge on any atom is 0.303 e. The number of allylic oxidation sites excluding steroid dienone is 4. The highest BCUT2D eigenvalue weighted by atomic mass is 16.5. The van der Waals surface area contributed by atoms with Crippen LogP contribution in [0, 0.1) is 0 Å². The molecular weight excluding hydrogens is 320 g/mol. The summed E-state index contributed by atoms with van der Waals surface area (Å²) in [5.74, 6) is -0.976. The van der Waals surface area contributed by atoms with Crippen molar-refractivity contribution in [3.05, 3.63) is 23.3 Å². The van der Waals surface area contributed by atoms with Gasteiger partial charge in [0.05, 0.1) is 0 Å². The van der Waals surface area contributed by atoms with Crippen molar-refractivity contribution in [2.24, 2.45) is 0 Å². The van der Waals surface area contributed by atoms with E-state index < -0.39 is 5.97 Å². The van der Waals surface area contributed by atoms with Crippen LogP contribution in [0.5, 0.6) is 0 Å². The summed E-state index contributed by atoms with van der Waals surface area (Å²) in [6.45, 7) is 3.42. The number of Topliss-reactive ketones (excluding diaryl/α,β-unsaturated/α-hetero) is 1. The molecule has 25 heavy (non-hydrogen) atoms. The third-order valence-electron chi connectivity index (χ3n) is 4.41. The molecule has 5 nitrogen and oxygen atoms in total. The molecule has 0 aliphatic heterocycles. The van der Waals surface area contributed by atoms with E-state index in [9.17, 15) is 14.4 Å². The summed E-state index contributed by atoms with van der Waals surface area (Å²) >= 11 is 0. The number of esters is 1. The molecule has 0 aromatic carbocycles. The van der Waals surface area contributed by atoms with Gasteiger partial charge in [-0.1, -0.05) is 24.6 Å². The van der Waals surface area contributed by atoms with Crippen molar-refractivity contribution in [2.75, 3.05) is 0 Å². The Labute approximate surface area is 150 Å². The van der Waals surface area contributed by atoms with Crippen molar-refractivity contribution in [3.63, 3.8) is 0 Å². The van der Waals surface area contributed by atoms with Gasteiger partial charge in [-0.05, 0) is 56.9 Å². The van der Waals surface area contributed by atoms with E-state index in [4.69, 9.17) is 9.84 Å². The Morgan fingerprint density at radius 3 is 2.60 bits per heavy atom. The van der Waals surface area contributed by atoms with E-state index in [0.29, 0.717) is 19.3 Å². The van der Waals surface area contributed by atoms with Gasteiger partial charge in [0.25, 0.3) is 0 Å². The predicted octanol–water partition coefficient (Wildman–Crippen LogP) is 4.36. The lowest BCUT2D eigenvalue weighted by Crippen LogP contribution is -2.17. The molecule has 0 radical (unpaired) electrons. The van der Waals surface area contributed by atoms with Crippen LogP contribution in [-0.2, 0) is 19.1 Å². The zero-order valence-corrected chi connectivity index (χ0v) is 15.4. The molecule has 0 spiro atoms. The average Bonchev–Trinajstić information content (AvgIpc) is 2.89. The molecule has 1 aliphatic carbocycles. The molecule has 0 amide bonds. The van der Waals surface area contributed by atoms with Crippen LogP contribution in [-0.4, -0.2) is 28.9 Å². The zero-order valence-electron chi connectivity index (χ0n) is 15.4. The summed E-state index contributed by atoms with van der Waals surface area (Å²) in [7, 11) is 0. The predicted molar refractivity (Wildman–Crippen MR) is 96.2 cm³/mol. The van der Waals surface area contributed by atoms with Crippen molar-refractivity contribution in [1.82, 2.24) is 0 Å². The lowest BCUT2D eigenvalue weighted by molar-refractivity contribution is -0.149. The molecule has 5 heteroatoms. The van der Waals surface area contributed by atoms with Crippen molar-refractivity contribution >= 4 is 17.7 Å². The van der Waals surface area contributed by atoms with Gasteiger partial charge in [-0.15, -0.1) is 0 Å². The minimum atomic E-state index is -0.878. The third-order valence-corrected chi connectivity index (χ3v) is 4.41. The number of carbonyl (C=O) groups excluding carboxylic acids is 2. The Morgan fingerprint density at radius 2 is 1.96 bits per heavy atom. The second-order valence-corrected chi connectivity index (χ2v) is 6.50. The summed E-state index contributed by atoms with van der Waals surface area (Å²) < 4.78 is 5.20. The largest absolute Gasteiger partial charge is 0.481 e. The van der Waals surface area contributed by atoms with E-state index in [0.717, 1.165) is 44.1 Å². The fraction of sp³-hybridized carbons (Fsp3) is 0.650. The maximum atomic E-state index is 12.0. The van der Waals surface area contributed by atoms with Crippen molar-refractivity contribution < 1.29 is 24.2 Å². The van der Waals surface area contributed by atoms with Crippen LogP contribution in [0.3, 0.4) is 0 Å². The molecule has 1 aliphatic rings. The van der Waals surface area contributed by atoms with Gasteiger partial charge in [0.15, 0.2) is 5.78 Å². The Balaban J connectivity index is 2.44. The molecule has 0 aromatic heterocycles. The number of hydrogen-bond acceptors (Lipinski definition) is 4. The van der Waals surface area contributed by atoms with Gasteiger partial charge in [0.1, 0.15) is 6.10 Å². The average molecular weight is 350 g/mol. The summed E-state index contributed by atoms with van der Waals surface area (Å²) in [4.78, 5) is 33.8. The van der Waals surface area contributed by atoms with Crippen LogP contribution in [0.25, 0.3) is 0 Å². The van der Waals surface area contributed by atoms with Crippen molar-refractivity contribution in [2.45, 2.75) is 84.2 Å². The Kier molecular flexibility index (Phi) is 9.81. The normalized spacial score (nSPS) is 15.8. The molecule has 140 valence electrons. The quantitative estimate of drug-likeness (QED) is 0.321. The highest BCUT2D eigenvalue weighted by molar-refractivity contribution is 5.98. The molecule has 0 aromatic rings. The van der Waals surface area contributed by atoms with Crippen LogP contribution in [0.15, 0.2) is 23.3 Å². The number of rotatable bonds is 12. The van der Waals surface area contributed by atoms with Gasteiger partial charge >= 0.3 is 11.9 Å². The van der Waals surface area contributed by atoms with Gasteiger partial charge in [-0.2, -0.15) is 0 Å². The highest BCUT2D eigenvalue weighted by Gasteiger charge is 2.21. The second kappa shape index (κ2) is 11.6. The lowest BCUT2D eigenvalue weighted by Gasteiger charge is -2.16. The standard InChI is InChI=1S/C20H30O5/c1-3-4-5-10-18-16(11-13-19(18)22)8-6-7-9-17(25-15(2)21)12-14-20(23)24/h4-5,17H,3,6-14H2,1-2H3,(H,23,24)/b5-4-. The smallest absolute Gasteiger partial charge is 0.303 e. The van der Waals surface area contributed by atoms with E-state index in [1.54, 1.807) is 0 Å². The van der Waals surface area contributed by atoms with E-state index in [1.165, 1.54) is 12.5 Å². The molecule has 0 saturated carbocycles. The topological polar surface area (TPSA) is 80.7 Å². The number of carbonyl (C=O) groups is 3. The van der Waals surface area contributed by atoms with Crippen molar-refractivity contribution in [3.8, 4) is 0 Å². The van der Waals surface area contributed by atoms with Gasteiger partial charge < -0.3 is 9.84 Å². The third kappa shape index (κ3) is 8.66. The minimum Gasteiger partial charge on any atom is -0.481 e. The van der Waals surface area contributed by atoms with Gasteiger partial charge in [-0.25, -0.2) is 0 Å². The van der Waals surface area contributed by atoms with Crippen LogP contribution in [0.2, 0.25) is 0 Å². The minimum absolute atomic E-state index is 0.00547.